The van der Waals surface area contributed by atoms with Crippen molar-refractivity contribution in [3.8, 4) is 11.5 Å². The van der Waals surface area contributed by atoms with Crippen LogP contribution in [0.3, 0.4) is 0 Å². The Balaban J connectivity index is 1.49. The number of nitrogens with one attached hydrogen (secondary N) is 2. The van der Waals surface area contributed by atoms with Crippen LogP contribution in [0.4, 0.5) is 4.39 Å². The van der Waals surface area contributed by atoms with Crippen molar-refractivity contribution in [1.29, 1.82) is 0 Å². The number of phenolic OH excluding ortho intramolecular Hbond substituents is 1. The predicted molar refractivity (Wildman–Crippen MR) is 126 cm³/mol. The molecule has 1 unspecified atom stereocenters. The fourth-order valence-corrected chi connectivity index (χ4v) is 4.13. The number of aromatic hydroxyl groups is 1. The van der Waals surface area contributed by atoms with Crippen molar-refractivity contribution in [1.82, 2.24) is 14.9 Å². The summed E-state index contributed by atoms with van der Waals surface area (Å²) >= 11 is 0. The Kier molecular flexibility index (Phi) is 6.30. The number of hydrogen-bond donors (Lipinski definition) is 3. The molecule has 3 N–H and O–H groups in total. The minimum atomic E-state index is -0.750. The van der Waals surface area contributed by atoms with Crippen molar-refractivity contribution < 1.29 is 28.6 Å². The third kappa shape index (κ3) is 4.48. The van der Waals surface area contributed by atoms with E-state index in [9.17, 15) is 23.9 Å². The number of amides is 2. The normalized spacial score (nSPS) is 16.5. The second kappa shape index (κ2) is 9.70. The Morgan fingerprint density at radius 2 is 2.03 bits per heavy atom. The van der Waals surface area contributed by atoms with Crippen molar-refractivity contribution in [3.05, 3.63) is 93.2 Å². The molecule has 1 aromatic heterocycles. The maximum absolute atomic E-state index is 13.4. The topological polar surface area (TPSA) is 122 Å². The van der Waals surface area contributed by atoms with Gasteiger partial charge in [0, 0.05) is 30.9 Å². The number of benzene rings is 2. The number of phenols is 1. The largest absolute Gasteiger partial charge is 0.507 e. The lowest BCUT2D eigenvalue weighted by molar-refractivity contribution is -0.00330. The molecule has 3 heterocycles. The summed E-state index contributed by atoms with van der Waals surface area (Å²) in [6.07, 6.45) is 0.770. The summed E-state index contributed by atoms with van der Waals surface area (Å²) in [6.45, 7) is 0.806. The van der Waals surface area contributed by atoms with Gasteiger partial charge < -0.3 is 30.2 Å². The van der Waals surface area contributed by atoms with Crippen molar-refractivity contribution in [3.63, 3.8) is 0 Å². The molecule has 11 heteroatoms. The van der Waals surface area contributed by atoms with Crippen LogP contribution in [0.15, 0.2) is 59.5 Å². The zero-order chi connectivity index (χ0) is 25.2. The van der Waals surface area contributed by atoms with E-state index in [1.54, 1.807) is 4.90 Å². The van der Waals surface area contributed by atoms with Gasteiger partial charge in [-0.1, -0.05) is 36.4 Å². The Hall–Kier alpha value is -4.38. The van der Waals surface area contributed by atoms with E-state index in [2.05, 4.69) is 10.7 Å². The Morgan fingerprint density at radius 1 is 1.22 bits per heavy atom. The molecule has 1 saturated heterocycles. The second-order valence-corrected chi connectivity index (χ2v) is 8.37. The van der Waals surface area contributed by atoms with E-state index >= 15 is 0 Å². The lowest BCUT2D eigenvalue weighted by Gasteiger charge is -2.41. The molecule has 0 aliphatic carbocycles. The number of carbonyl (C=O) groups excluding carboxylic acids is 2. The van der Waals surface area contributed by atoms with Gasteiger partial charge in [0.15, 0.2) is 11.4 Å². The van der Waals surface area contributed by atoms with Gasteiger partial charge in [-0.2, -0.15) is 0 Å². The standard InChI is InChI=1S/C25H23FN4O6/c26-17-7-6-16(19(31)10-17)11-27-24(33)18-12-30-21(25(34)29-8-9-35-14-20(29)28-30)23(22(18)32)36-13-15-4-2-1-3-5-15/h1-7,10,12,20,28,31H,8-9,11,13-14H2,(H,27,33). The number of aromatic nitrogens is 1. The van der Waals surface area contributed by atoms with E-state index in [4.69, 9.17) is 9.47 Å². The second-order valence-electron chi connectivity index (χ2n) is 8.37. The van der Waals surface area contributed by atoms with Gasteiger partial charge in [0.25, 0.3) is 11.8 Å². The third-order valence-electron chi connectivity index (χ3n) is 6.00. The van der Waals surface area contributed by atoms with Crippen LogP contribution in [0.1, 0.15) is 32.0 Å². The highest BCUT2D eigenvalue weighted by Crippen LogP contribution is 2.25. The quantitative estimate of drug-likeness (QED) is 0.475. The molecule has 1 fully saturated rings. The number of ether oxygens (including phenoxy) is 2. The minimum Gasteiger partial charge on any atom is -0.507 e. The molecule has 1 atom stereocenters. The maximum Gasteiger partial charge on any atom is 0.278 e. The molecule has 0 radical (unpaired) electrons. The fraction of sp³-hybridized carbons (Fsp3) is 0.240. The van der Waals surface area contributed by atoms with Crippen LogP contribution in [-0.2, 0) is 17.9 Å². The van der Waals surface area contributed by atoms with Crippen LogP contribution in [0.5, 0.6) is 11.5 Å². The predicted octanol–water partition coefficient (Wildman–Crippen LogP) is 1.56. The van der Waals surface area contributed by atoms with Crippen molar-refractivity contribution in [2.45, 2.75) is 19.3 Å². The average Bonchev–Trinajstić information content (AvgIpc) is 2.88. The lowest BCUT2D eigenvalue weighted by Crippen LogP contribution is -2.59. The highest BCUT2D eigenvalue weighted by molar-refractivity contribution is 5.99. The third-order valence-corrected chi connectivity index (χ3v) is 6.00. The molecule has 2 amide bonds. The van der Waals surface area contributed by atoms with Crippen LogP contribution in [0.25, 0.3) is 0 Å². The highest BCUT2D eigenvalue weighted by Gasteiger charge is 2.38. The molecule has 0 bridgehead atoms. The zero-order valence-electron chi connectivity index (χ0n) is 19.1. The molecule has 2 aliphatic heterocycles. The SMILES string of the molecule is O=C(NCc1ccc(F)cc1O)c1cn2c(c(OCc3ccccc3)c1=O)C(=O)N1CCOCC1N2. The van der Waals surface area contributed by atoms with Crippen LogP contribution >= 0.6 is 0 Å². The Bertz CT molecular complexity index is 1380. The van der Waals surface area contributed by atoms with Gasteiger partial charge in [0.2, 0.25) is 5.43 Å². The average molecular weight is 494 g/mol. The first-order chi connectivity index (χ1) is 17.4. The summed E-state index contributed by atoms with van der Waals surface area (Å²) in [5, 5.41) is 12.5. The van der Waals surface area contributed by atoms with Gasteiger partial charge in [-0.05, 0) is 11.6 Å². The van der Waals surface area contributed by atoms with Gasteiger partial charge >= 0.3 is 0 Å². The maximum atomic E-state index is 13.4. The van der Waals surface area contributed by atoms with E-state index in [0.717, 1.165) is 17.7 Å². The number of halogens is 1. The number of hydrogen-bond acceptors (Lipinski definition) is 7. The van der Waals surface area contributed by atoms with E-state index in [1.807, 2.05) is 30.3 Å². The number of fused-ring (bicyclic) bond motifs is 2. The van der Waals surface area contributed by atoms with Gasteiger partial charge in [0.1, 0.15) is 29.9 Å². The summed E-state index contributed by atoms with van der Waals surface area (Å²) in [7, 11) is 0. The molecule has 5 rings (SSSR count). The summed E-state index contributed by atoms with van der Waals surface area (Å²) in [4.78, 5) is 41.3. The first kappa shape index (κ1) is 23.4. The van der Waals surface area contributed by atoms with E-state index in [-0.39, 0.29) is 48.1 Å². The molecule has 10 nitrogen and oxygen atoms in total. The Labute approximate surface area is 204 Å². The number of morpholine rings is 1. The highest BCUT2D eigenvalue weighted by atomic mass is 19.1. The van der Waals surface area contributed by atoms with E-state index in [1.165, 1.54) is 16.9 Å². The molecular weight excluding hydrogens is 471 g/mol. The molecule has 2 aromatic carbocycles. The number of carbonyl (C=O) groups is 2. The van der Waals surface area contributed by atoms with Crippen LogP contribution in [0, 0.1) is 5.82 Å². The summed E-state index contributed by atoms with van der Waals surface area (Å²) in [6, 6.07) is 12.5. The van der Waals surface area contributed by atoms with Crippen LogP contribution < -0.4 is 20.9 Å². The van der Waals surface area contributed by atoms with Gasteiger partial charge in [-0.25, -0.2) is 4.39 Å². The number of rotatable bonds is 6. The first-order valence-corrected chi connectivity index (χ1v) is 11.3. The van der Waals surface area contributed by atoms with Crippen molar-refractivity contribution in [2.75, 3.05) is 25.2 Å². The molecule has 3 aromatic rings. The lowest BCUT2D eigenvalue weighted by atomic mass is 10.1. The summed E-state index contributed by atoms with van der Waals surface area (Å²) in [5.74, 6) is -2.36. The minimum absolute atomic E-state index is 0.0113. The van der Waals surface area contributed by atoms with Crippen molar-refractivity contribution >= 4 is 11.8 Å². The smallest absolute Gasteiger partial charge is 0.278 e. The summed E-state index contributed by atoms with van der Waals surface area (Å²) < 4.78 is 25.9. The molecule has 2 aliphatic rings. The molecular formula is C25H23FN4O6. The van der Waals surface area contributed by atoms with E-state index in [0.29, 0.717) is 13.2 Å². The van der Waals surface area contributed by atoms with Gasteiger partial charge in [0.05, 0.1) is 13.2 Å². The van der Waals surface area contributed by atoms with Crippen molar-refractivity contribution in [2.24, 2.45) is 0 Å². The molecule has 0 saturated carbocycles. The monoisotopic (exact) mass is 494 g/mol. The number of nitrogens with zero attached hydrogens (tertiary/aromatic N) is 2. The number of pyridine rings is 1. The van der Waals surface area contributed by atoms with Crippen LogP contribution in [-0.4, -0.2) is 52.4 Å². The fourth-order valence-electron chi connectivity index (χ4n) is 4.13. The summed E-state index contributed by atoms with van der Waals surface area (Å²) in [5.41, 5.74) is 3.11. The van der Waals surface area contributed by atoms with E-state index < -0.39 is 29.2 Å². The molecule has 0 spiro atoms. The molecule has 36 heavy (non-hydrogen) atoms. The zero-order valence-corrected chi connectivity index (χ0v) is 19.1. The van der Waals surface area contributed by atoms with Gasteiger partial charge in [-0.3, -0.25) is 19.1 Å². The Morgan fingerprint density at radius 3 is 2.81 bits per heavy atom. The van der Waals surface area contributed by atoms with Gasteiger partial charge in [-0.15, -0.1) is 0 Å². The van der Waals surface area contributed by atoms with Crippen LogP contribution in [0.2, 0.25) is 0 Å². The molecule has 186 valence electrons. The first-order valence-electron chi connectivity index (χ1n) is 11.3.